The summed E-state index contributed by atoms with van der Waals surface area (Å²) >= 11 is 1.52. The van der Waals surface area contributed by atoms with Crippen LogP contribution in [0, 0.1) is 0 Å². The van der Waals surface area contributed by atoms with E-state index < -0.39 is 24.5 Å². The molecule has 0 spiro atoms. The molecule has 0 saturated heterocycles. The van der Waals surface area contributed by atoms with E-state index in [1.54, 1.807) is 0 Å². The average Bonchev–Trinajstić information content (AvgIpc) is 2.19. The van der Waals surface area contributed by atoms with E-state index in [1.165, 1.54) is 18.7 Å². The van der Waals surface area contributed by atoms with Crippen LogP contribution in [0.5, 0.6) is 0 Å². The van der Waals surface area contributed by atoms with Gasteiger partial charge in [0.15, 0.2) is 0 Å². The van der Waals surface area contributed by atoms with Gasteiger partial charge in [-0.2, -0.15) is 11.8 Å². The summed E-state index contributed by atoms with van der Waals surface area (Å²) in [6, 6.07) is -0.695. The fourth-order valence-corrected chi connectivity index (χ4v) is 1.81. The van der Waals surface area contributed by atoms with E-state index >= 15 is 0 Å². The van der Waals surface area contributed by atoms with Gasteiger partial charge in [-0.15, -0.1) is 0 Å². The molecule has 0 heterocycles. The van der Waals surface area contributed by atoms with Crippen LogP contribution >= 0.6 is 11.8 Å². The van der Waals surface area contributed by atoms with Crippen LogP contribution in [0.2, 0.25) is 0 Å². The summed E-state index contributed by atoms with van der Waals surface area (Å²) in [5.41, 5.74) is 0. The van der Waals surface area contributed by atoms with Crippen LogP contribution < -0.4 is 10.6 Å². The summed E-state index contributed by atoms with van der Waals surface area (Å²) in [5.74, 6) is -1.49. The third-order valence-electron chi connectivity index (χ3n) is 1.70. The largest absolute Gasteiger partial charge is 0.480 e. The molecule has 0 saturated carbocycles. The van der Waals surface area contributed by atoms with Crippen LogP contribution in [0.1, 0.15) is 20.8 Å². The molecule has 3 N–H and O–H groups in total. The second-order valence-corrected chi connectivity index (χ2v) is 5.36. The number of nitrogens with one attached hydrogen (secondary N) is 2. The molecule has 0 radical (unpaired) electrons. The number of carbonyl (C=O) groups is 3. The number of thioether (sulfide) groups is 1. The lowest BCUT2D eigenvalue weighted by atomic mass is 10.3. The number of carbonyl (C=O) groups excluding carboxylic acids is 2. The maximum Gasteiger partial charge on any atom is 0.322 e. The van der Waals surface area contributed by atoms with Gasteiger partial charge in [0.05, 0.1) is 0 Å². The highest BCUT2D eigenvalue weighted by molar-refractivity contribution is 7.99. The fraction of sp³-hybridized carbons (Fsp3) is 0.700. The number of carboxylic acids is 1. The Bertz CT molecular complexity index is 294. The van der Waals surface area contributed by atoms with Crippen LogP contribution in [0.25, 0.3) is 0 Å². The van der Waals surface area contributed by atoms with Gasteiger partial charge in [-0.3, -0.25) is 14.4 Å². The number of hydrogen-bond acceptors (Lipinski definition) is 4. The predicted molar refractivity (Wildman–Crippen MR) is 65.8 cm³/mol. The standard InChI is InChI=1S/C10H18N2O4S/c1-6(2)17-5-8(12-7(3)13)10(16)11-4-9(14)15/h6,8H,4-5H2,1-3H3,(H,11,16)(H,12,13)(H,14,15). The molecule has 0 aromatic carbocycles. The van der Waals surface area contributed by atoms with Crippen LogP contribution in [0.15, 0.2) is 0 Å². The smallest absolute Gasteiger partial charge is 0.322 e. The maximum atomic E-state index is 11.6. The van der Waals surface area contributed by atoms with E-state index in [1.807, 2.05) is 13.8 Å². The number of hydrogen-bond donors (Lipinski definition) is 3. The molecule has 17 heavy (non-hydrogen) atoms. The first-order valence-electron chi connectivity index (χ1n) is 5.21. The first-order chi connectivity index (χ1) is 7.82. The molecule has 0 bridgehead atoms. The molecule has 0 aliphatic heterocycles. The van der Waals surface area contributed by atoms with Crippen molar-refractivity contribution in [2.75, 3.05) is 12.3 Å². The van der Waals surface area contributed by atoms with Gasteiger partial charge in [0.1, 0.15) is 12.6 Å². The van der Waals surface area contributed by atoms with E-state index in [2.05, 4.69) is 10.6 Å². The number of rotatable bonds is 7. The maximum absolute atomic E-state index is 11.6. The third kappa shape index (κ3) is 8.56. The van der Waals surface area contributed by atoms with Gasteiger partial charge in [-0.05, 0) is 5.25 Å². The molecule has 98 valence electrons. The second kappa shape index (κ2) is 7.94. The average molecular weight is 262 g/mol. The summed E-state index contributed by atoms with van der Waals surface area (Å²) in [6.45, 7) is 4.83. The van der Waals surface area contributed by atoms with Crippen molar-refractivity contribution >= 4 is 29.5 Å². The van der Waals surface area contributed by atoms with E-state index in [0.29, 0.717) is 11.0 Å². The third-order valence-corrected chi connectivity index (χ3v) is 2.90. The van der Waals surface area contributed by atoms with Crippen LogP contribution in [-0.2, 0) is 14.4 Å². The quantitative estimate of drug-likeness (QED) is 0.592. The van der Waals surface area contributed by atoms with Crippen LogP contribution in [0.4, 0.5) is 0 Å². The van der Waals surface area contributed by atoms with Crippen molar-refractivity contribution < 1.29 is 19.5 Å². The fourth-order valence-electron chi connectivity index (χ4n) is 1.00. The van der Waals surface area contributed by atoms with Crippen molar-refractivity contribution in [3.8, 4) is 0 Å². The summed E-state index contributed by atoms with van der Waals surface area (Å²) in [5, 5.41) is 13.5. The molecule has 0 aliphatic rings. The van der Waals surface area contributed by atoms with Crippen molar-refractivity contribution in [3.63, 3.8) is 0 Å². The normalized spacial score (nSPS) is 12.0. The molecule has 1 atom stereocenters. The van der Waals surface area contributed by atoms with Gasteiger partial charge in [0, 0.05) is 12.7 Å². The molecular weight excluding hydrogens is 244 g/mol. The first-order valence-corrected chi connectivity index (χ1v) is 6.26. The highest BCUT2D eigenvalue weighted by atomic mass is 32.2. The van der Waals surface area contributed by atoms with Gasteiger partial charge >= 0.3 is 5.97 Å². The molecule has 0 aliphatic carbocycles. The SMILES string of the molecule is CC(=O)NC(CSC(C)C)C(=O)NCC(=O)O. The van der Waals surface area contributed by atoms with Crippen LogP contribution in [-0.4, -0.2) is 46.5 Å². The van der Waals surface area contributed by atoms with Gasteiger partial charge in [-0.25, -0.2) is 0 Å². The molecule has 0 aromatic rings. The van der Waals surface area contributed by atoms with E-state index in [4.69, 9.17) is 5.11 Å². The van der Waals surface area contributed by atoms with Crippen molar-refractivity contribution in [1.29, 1.82) is 0 Å². The Morgan fingerprint density at radius 2 is 1.88 bits per heavy atom. The monoisotopic (exact) mass is 262 g/mol. The lowest BCUT2D eigenvalue weighted by molar-refractivity contribution is -0.138. The molecule has 0 fully saturated rings. The zero-order valence-corrected chi connectivity index (χ0v) is 11.0. The van der Waals surface area contributed by atoms with E-state index in [-0.39, 0.29) is 5.91 Å². The molecule has 1 unspecified atom stereocenters. The molecule has 7 heteroatoms. The minimum absolute atomic E-state index is 0.315. The Labute approximate surface area is 105 Å². The molecule has 0 rings (SSSR count). The van der Waals surface area contributed by atoms with Gasteiger partial charge in [0.25, 0.3) is 0 Å². The van der Waals surface area contributed by atoms with Gasteiger partial charge in [0.2, 0.25) is 11.8 Å². The van der Waals surface area contributed by atoms with Gasteiger partial charge in [-0.1, -0.05) is 13.8 Å². The summed E-state index contributed by atoms with van der Waals surface area (Å²) in [7, 11) is 0. The lowest BCUT2D eigenvalue weighted by Crippen LogP contribution is -2.48. The van der Waals surface area contributed by atoms with E-state index in [0.717, 1.165) is 0 Å². The lowest BCUT2D eigenvalue weighted by Gasteiger charge is -2.17. The number of carboxylic acid groups (broad SMARTS) is 1. The van der Waals surface area contributed by atoms with Crippen molar-refractivity contribution in [2.24, 2.45) is 0 Å². The summed E-state index contributed by atoms with van der Waals surface area (Å²) in [6.07, 6.45) is 0. The van der Waals surface area contributed by atoms with Crippen molar-refractivity contribution in [3.05, 3.63) is 0 Å². The molecule has 0 aromatic heterocycles. The Morgan fingerprint density at radius 1 is 1.29 bits per heavy atom. The Kier molecular flexibility index (Phi) is 7.36. The highest BCUT2D eigenvalue weighted by Crippen LogP contribution is 2.10. The highest BCUT2D eigenvalue weighted by Gasteiger charge is 2.20. The topological polar surface area (TPSA) is 95.5 Å². The molecular formula is C10H18N2O4S. The summed E-state index contributed by atoms with van der Waals surface area (Å²) < 4.78 is 0. The molecule has 6 nitrogen and oxygen atoms in total. The second-order valence-electron chi connectivity index (χ2n) is 3.75. The molecule has 2 amide bonds. The Balaban J connectivity index is 4.28. The minimum atomic E-state index is -1.11. The van der Waals surface area contributed by atoms with Crippen LogP contribution in [0.3, 0.4) is 0 Å². The van der Waals surface area contributed by atoms with Crippen molar-refractivity contribution in [1.82, 2.24) is 10.6 Å². The first kappa shape index (κ1) is 15.8. The summed E-state index contributed by atoms with van der Waals surface area (Å²) in [4.78, 5) is 32.8. The Hall–Kier alpha value is -1.24. The predicted octanol–water partition coefficient (Wildman–Crippen LogP) is -0.166. The Morgan fingerprint density at radius 3 is 2.29 bits per heavy atom. The number of aliphatic carboxylic acids is 1. The minimum Gasteiger partial charge on any atom is -0.480 e. The number of amides is 2. The zero-order chi connectivity index (χ0) is 13.4. The van der Waals surface area contributed by atoms with E-state index in [9.17, 15) is 14.4 Å². The van der Waals surface area contributed by atoms with Gasteiger partial charge < -0.3 is 15.7 Å². The van der Waals surface area contributed by atoms with Crippen molar-refractivity contribution in [2.45, 2.75) is 32.1 Å². The zero-order valence-electron chi connectivity index (χ0n) is 10.1.